The second-order valence-corrected chi connectivity index (χ2v) is 9.90. The normalized spacial score (nSPS) is 13.9. The molecule has 35 heavy (non-hydrogen) atoms. The Bertz CT molecular complexity index is 1550. The van der Waals surface area contributed by atoms with Gasteiger partial charge in [0, 0.05) is 17.5 Å². The van der Waals surface area contributed by atoms with Gasteiger partial charge in [0.25, 0.3) is 11.1 Å². The highest BCUT2D eigenvalue weighted by Crippen LogP contribution is 2.44. The summed E-state index contributed by atoms with van der Waals surface area (Å²) in [5.74, 6) is 0.960. The number of aromatic nitrogens is 4. The molecule has 0 aliphatic heterocycles. The first-order chi connectivity index (χ1) is 17.0. The lowest BCUT2D eigenvalue weighted by Crippen LogP contribution is -2.38. The number of H-pyrrole nitrogens is 1. The Labute approximate surface area is 208 Å². The molecular weight excluding hydrogens is 456 g/mol. The first kappa shape index (κ1) is 23.3. The number of nitrogens with one attached hydrogen (secondary N) is 1. The second kappa shape index (κ2) is 9.30. The third-order valence-electron chi connectivity index (χ3n) is 7.13. The molecule has 7 heteroatoms. The number of hydrogen-bond donors (Lipinski definition) is 1. The van der Waals surface area contributed by atoms with Crippen molar-refractivity contribution in [3.63, 3.8) is 0 Å². The number of benzene rings is 2. The van der Waals surface area contributed by atoms with E-state index >= 15 is 0 Å². The van der Waals surface area contributed by atoms with E-state index in [9.17, 15) is 9.59 Å². The van der Waals surface area contributed by atoms with E-state index in [-0.39, 0.29) is 16.5 Å². The number of thioether (sulfide) groups is 1. The van der Waals surface area contributed by atoms with Gasteiger partial charge in [0.2, 0.25) is 0 Å². The Morgan fingerprint density at radius 3 is 2.60 bits per heavy atom. The lowest BCUT2D eigenvalue weighted by Gasteiger charge is -2.37. The summed E-state index contributed by atoms with van der Waals surface area (Å²) in [6, 6.07) is 15.6. The molecule has 5 rings (SSSR count). The predicted molar refractivity (Wildman–Crippen MR) is 142 cm³/mol. The van der Waals surface area contributed by atoms with Crippen molar-refractivity contribution >= 4 is 22.7 Å². The lowest BCUT2D eigenvalue weighted by molar-refractivity contribution is 0.383. The summed E-state index contributed by atoms with van der Waals surface area (Å²) in [5.41, 5.74) is 4.10. The summed E-state index contributed by atoms with van der Waals surface area (Å²) in [4.78, 5) is 39.2. The quantitative estimate of drug-likeness (QED) is 0.220. The van der Waals surface area contributed by atoms with Gasteiger partial charge in [0.1, 0.15) is 5.82 Å². The van der Waals surface area contributed by atoms with E-state index < -0.39 is 0 Å². The zero-order valence-corrected chi connectivity index (χ0v) is 20.8. The highest BCUT2D eigenvalue weighted by molar-refractivity contribution is 7.98. The number of nitrogens with zero attached hydrogens (tertiary/aromatic N) is 3. The van der Waals surface area contributed by atoms with Gasteiger partial charge >= 0.3 is 0 Å². The molecule has 0 saturated heterocycles. The molecule has 2 aromatic carbocycles. The Hall–Kier alpha value is -3.45. The van der Waals surface area contributed by atoms with Gasteiger partial charge in [0.05, 0.1) is 27.9 Å². The molecule has 4 aromatic rings. The molecule has 2 heterocycles. The Morgan fingerprint density at radius 1 is 1.09 bits per heavy atom. The van der Waals surface area contributed by atoms with Gasteiger partial charge < -0.3 is 4.98 Å². The maximum absolute atomic E-state index is 13.4. The fourth-order valence-corrected chi connectivity index (χ4v) is 6.05. The van der Waals surface area contributed by atoms with Gasteiger partial charge in [-0.3, -0.25) is 14.2 Å². The third-order valence-corrected chi connectivity index (χ3v) is 8.12. The van der Waals surface area contributed by atoms with Crippen LogP contribution in [0.5, 0.6) is 0 Å². The SMILES string of the molecule is C=CCn1c(SCc2nc3c(c(=O)[nH]2)C(CC)(CC)Cc2ccccc2-3)nc2ccccc2c1=O. The maximum Gasteiger partial charge on any atom is 0.262 e. The van der Waals surface area contributed by atoms with E-state index in [1.165, 1.54) is 17.3 Å². The average Bonchev–Trinajstić information content (AvgIpc) is 2.88. The number of allylic oxidation sites excluding steroid dienone is 1. The average molecular weight is 485 g/mol. The fourth-order valence-electron chi connectivity index (χ4n) is 5.17. The minimum Gasteiger partial charge on any atom is -0.310 e. The molecule has 6 nitrogen and oxygen atoms in total. The van der Waals surface area contributed by atoms with Crippen molar-refractivity contribution in [2.24, 2.45) is 0 Å². The van der Waals surface area contributed by atoms with Gasteiger partial charge in [-0.2, -0.15) is 0 Å². The molecule has 0 unspecified atom stereocenters. The highest BCUT2D eigenvalue weighted by Gasteiger charge is 2.39. The van der Waals surface area contributed by atoms with Crippen LogP contribution in [-0.2, 0) is 24.1 Å². The molecular formula is C28H28N4O2S. The maximum atomic E-state index is 13.4. The number of aromatic amines is 1. The van der Waals surface area contributed by atoms with E-state index in [4.69, 9.17) is 9.97 Å². The van der Waals surface area contributed by atoms with E-state index in [0.717, 1.165) is 36.1 Å². The van der Waals surface area contributed by atoms with E-state index in [2.05, 4.69) is 37.5 Å². The number of hydrogen-bond acceptors (Lipinski definition) is 5. The highest BCUT2D eigenvalue weighted by atomic mass is 32.2. The first-order valence-corrected chi connectivity index (χ1v) is 12.9. The lowest BCUT2D eigenvalue weighted by atomic mass is 9.66. The molecule has 0 radical (unpaired) electrons. The van der Waals surface area contributed by atoms with Crippen LogP contribution in [0.3, 0.4) is 0 Å². The third kappa shape index (κ3) is 3.93. The predicted octanol–water partition coefficient (Wildman–Crippen LogP) is 5.24. The topological polar surface area (TPSA) is 80.6 Å². The number of para-hydroxylation sites is 1. The summed E-state index contributed by atoms with van der Waals surface area (Å²) in [6.07, 6.45) is 4.28. The fraction of sp³-hybridized carbons (Fsp3) is 0.286. The monoisotopic (exact) mass is 484 g/mol. The molecule has 1 N–H and O–H groups in total. The summed E-state index contributed by atoms with van der Waals surface area (Å²) in [7, 11) is 0. The van der Waals surface area contributed by atoms with Crippen molar-refractivity contribution in [1.82, 2.24) is 19.5 Å². The number of fused-ring (bicyclic) bond motifs is 4. The van der Waals surface area contributed by atoms with Crippen LogP contribution in [0.2, 0.25) is 0 Å². The summed E-state index contributed by atoms with van der Waals surface area (Å²) < 4.78 is 1.62. The van der Waals surface area contributed by atoms with Crippen LogP contribution in [-0.4, -0.2) is 19.5 Å². The molecule has 0 amide bonds. The van der Waals surface area contributed by atoms with Crippen molar-refractivity contribution < 1.29 is 0 Å². The van der Waals surface area contributed by atoms with Crippen LogP contribution in [0.4, 0.5) is 0 Å². The number of rotatable bonds is 7. The van der Waals surface area contributed by atoms with Gasteiger partial charge in [-0.05, 0) is 37.0 Å². The van der Waals surface area contributed by atoms with Gasteiger partial charge in [-0.15, -0.1) is 6.58 Å². The first-order valence-electron chi connectivity index (χ1n) is 12.0. The molecule has 1 aliphatic rings. The van der Waals surface area contributed by atoms with Crippen molar-refractivity contribution in [2.75, 3.05) is 0 Å². The molecule has 0 bridgehead atoms. The van der Waals surface area contributed by atoms with Crippen LogP contribution in [0.1, 0.15) is 43.6 Å². The van der Waals surface area contributed by atoms with Gasteiger partial charge in [0.15, 0.2) is 5.16 Å². The van der Waals surface area contributed by atoms with Crippen LogP contribution >= 0.6 is 11.8 Å². The Morgan fingerprint density at radius 2 is 1.83 bits per heavy atom. The second-order valence-electron chi connectivity index (χ2n) is 8.96. The Balaban J connectivity index is 1.58. The van der Waals surface area contributed by atoms with Gasteiger partial charge in [-0.1, -0.05) is 68.1 Å². The Kier molecular flexibility index (Phi) is 6.19. The summed E-state index contributed by atoms with van der Waals surface area (Å²) in [6.45, 7) is 8.44. The zero-order valence-electron chi connectivity index (χ0n) is 20.0. The van der Waals surface area contributed by atoms with Crippen LogP contribution < -0.4 is 11.1 Å². The summed E-state index contributed by atoms with van der Waals surface area (Å²) in [5, 5.41) is 1.15. The van der Waals surface area contributed by atoms with Crippen LogP contribution in [0.25, 0.3) is 22.2 Å². The molecule has 178 valence electrons. The molecule has 1 aliphatic carbocycles. The minimum absolute atomic E-state index is 0.0706. The molecule has 0 spiro atoms. The largest absolute Gasteiger partial charge is 0.310 e. The van der Waals surface area contributed by atoms with Gasteiger partial charge in [-0.25, -0.2) is 9.97 Å². The smallest absolute Gasteiger partial charge is 0.262 e. The molecule has 0 atom stereocenters. The van der Waals surface area contributed by atoms with Crippen molar-refractivity contribution in [3.8, 4) is 11.3 Å². The molecule has 2 aromatic heterocycles. The van der Waals surface area contributed by atoms with Crippen LogP contribution in [0.15, 0.2) is 75.9 Å². The standard InChI is InChI=1S/C28H28N4O2S/c1-4-15-32-26(34)20-13-9-10-14-21(20)29-27(32)35-17-22-30-24-19-12-8-7-11-18(19)16-28(5-2,6-3)23(24)25(33)31-22/h4,7-14H,1,5-6,15-17H2,2-3H3,(H,30,31,33). The van der Waals surface area contributed by atoms with Crippen LogP contribution in [0, 0.1) is 0 Å². The van der Waals surface area contributed by atoms with E-state index in [1.54, 1.807) is 16.7 Å². The zero-order chi connectivity index (χ0) is 24.6. The minimum atomic E-state index is -0.222. The van der Waals surface area contributed by atoms with Crippen molar-refractivity contribution in [1.29, 1.82) is 0 Å². The molecule has 0 saturated carbocycles. The van der Waals surface area contributed by atoms with Crippen molar-refractivity contribution in [3.05, 3.63) is 98.8 Å². The van der Waals surface area contributed by atoms with E-state index in [1.807, 2.05) is 30.3 Å². The molecule has 0 fully saturated rings. The van der Waals surface area contributed by atoms with E-state index in [0.29, 0.717) is 34.2 Å². The summed E-state index contributed by atoms with van der Waals surface area (Å²) >= 11 is 1.39. The van der Waals surface area contributed by atoms with Crippen molar-refractivity contribution in [2.45, 2.75) is 56.0 Å².